The van der Waals surface area contributed by atoms with E-state index in [1.54, 1.807) is 75.4 Å². The number of carbonyl (C=O) groups excluding carboxylic acids is 1. The van der Waals surface area contributed by atoms with Crippen molar-refractivity contribution in [3.05, 3.63) is 84.7 Å². The lowest BCUT2D eigenvalue weighted by Gasteiger charge is -2.22. The molecular formula is C24H24Cl3FNO2P. The van der Waals surface area contributed by atoms with Crippen LogP contribution < -0.4 is 21.2 Å². The second kappa shape index (κ2) is 11.3. The third-order valence-electron chi connectivity index (χ3n) is 4.47. The van der Waals surface area contributed by atoms with Gasteiger partial charge in [0.2, 0.25) is 5.91 Å². The van der Waals surface area contributed by atoms with Crippen LogP contribution in [0.25, 0.3) is 0 Å². The van der Waals surface area contributed by atoms with Gasteiger partial charge in [-0.2, -0.15) is 0 Å². The molecule has 0 saturated heterocycles. The number of halogens is 4. The largest absolute Gasteiger partial charge is 0.326 e. The molecule has 3 rings (SSSR count). The molecule has 0 saturated carbocycles. The number of amides is 1. The first-order valence-corrected chi connectivity index (χ1v) is 12.7. The standard InChI is InChI=1S/C23H23FNO2P.CHCl3/c1-23(2,3)22(26)25-17-14-15-21(20(24)16-17)28(27,18-10-6-4-7-11-18)19-12-8-5-9-13-19;2-1(3)4/h4-16H,1-3H3,(H,25,26);1H. The summed E-state index contributed by atoms with van der Waals surface area (Å²) in [6.07, 6.45) is 0. The average molecular weight is 515 g/mol. The van der Waals surface area contributed by atoms with Gasteiger partial charge in [-0.25, -0.2) is 4.39 Å². The molecular weight excluding hydrogens is 491 g/mol. The molecule has 0 radical (unpaired) electrons. The number of alkyl halides is 3. The minimum atomic E-state index is -3.39. The third-order valence-corrected chi connectivity index (χ3v) is 7.56. The van der Waals surface area contributed by atoms with E-state index in [1.807, 2.05) is 12.1 Å². The Morgan fingerprint density at radius 3 is 1.69 bits per heavy atom. The summed E-state index contributed by atoms with van der Waals surface area (Å²) in [7, 11) is -3.39. The Kier molecular flexibility index (Phi) is 9.36. The van der Waals surface area contributed by atoms with Crippen LogP contribution in [0.4, 0.5) is 10.1 Å². The highest BCUT2D eigenvalue weighted by Crippen LogP contribution is 2.43. The van der Waals surface area contributed by atoms with Crippen LogP contribution in [0.2, 0.25) is 0 Å². The van der Waals surface area contributed by atoms with Gasteiger partial charge < -0.3 is 9.88 Å². The molecule has 0 aliphatic rings. The highest BCUT2D eigenvalue weighted by atomic mass is 35.6. The first-order valence-electron chi connectivity index (χ1n) is 9.71. The summed E-state index contributed by atoms with van der Waals surface area (Å²) in [4.78, 5) is 12.2. The van der Waals surface area contributed by atoms with Crippen molar-refractivity contribution in [2.75, 3.05) is 5.32 Å². The first kappa shape index (κ1) is 26.4. The Hall–Kier alpha value is -1.84. The number of rotatable bonds is 4. The zero-order valence-electron chi connectivity index (χ0n) is 17.9. The van der Waals surface area contributed by atoms with Crippen molar-refractivity contribution in [3.63, 3.8) is 0 Å². The minimum absolute atomic E-state index is 0.124. The molecule has 0 fully saturated rings. The summed E-state index contributed by atoms with van der Waals surface area (Å²) >= 11 is 14.4. The van der Waals surface area contributed by atoms with E-state index in [0.29, 0.717) is 16.3 Å². The molecule has 3 aromatic rings. The number of nitrogens with one attached hydrogen (secondary N) is 1. The van der Waals surface area contributed by atoms with Crippen LogP contribution in [0.5, 0.6) is 0 Å². The van der Waals surface area contributed by atoms with Crippen LogP contribution in [0.15, 0.2) is 78.9 Å². The molecule has 0 atom stereocenters. The fourth-order valence-corrected chi connectivity index (χ4v) is 5.55. The smallest absolute Gasteiger partial charge is 0.229 e. The Bertz CT molecular complexity index is 1040. The molecule has 0 unspecified atom stereocenters. The molecule has 0 spiro atoms. The molecule has 0 aromatic heterocycles. The van der Waals surface area contributed by atoms with Crippen LogP contribution in [0, 0.1) is 11.2 Å². The van der Waals surface area contributed by atoms with Crippen molar-refractivity contribution >= 4 is 69.5 Å². The number of carbonyl (C=O) groups is 1. The van der Waals surface area contributed by atoms with Gasteiger partial charge in [0.15, 0.2) is 11.4 Å². The quantitative estimate of drug-likeness (QED) is 0.322. The van der Waals surface area contributed by atoms with E-state index in [9.17, 15) is 9.36 Å². The number of hydrogen-bond acceptors (Lipinski definition) is 2. The van der Waals surface area contributed by atoms with Crippen LogP contribution >= 0.6 is 41.9 Å². The van der Waals surface area contributed by atoms with Crippen molar-refractivity contribution in [2.45, 2.75) is 25.1 Å². The molecule has 0 heterocycles. The fourth-order valence-electron chi connectivity index (χ4n) is 2.86. The van der Waals surface area contributed by atoms with Crippen molar-refractivity contribution in [2.24, 2.45) is 5.41 Å². The van der Waals surface area contributed by atoms with Gasteiger partial charge in [0.25, 0.3) is 0 Å². The Balaban J connectivity index is 0.000000837. The van der Waals surface area contributed by atoms with Gasteiger partial charge in [-0.1, -0.05) is 116 Å². The van der Waals surface area contributed by atoms with Crippen molar-refractivity contribution in [1.82, 2.24) is 0 Å². The molecule has 32 heavy (non-hydrogen) atoms. The summed E-state index contributed by atoms with van der Waals surface area (Å²) in [5.41, 5.74) is -0.257. The normalized spacial score (nSPS) is 11.5. The number of benzene rings is 3. The highest BCUT2D eigenvalue weighted by molar-refractivity contribution is 7.85. The molecule has 0 aliphatic carbocycles. The average Bonchev–Trinajstić information content (AvgIpc) is 2.73. The maximum Gasteiger partial charge on any atom is 0.229 e. The molecule has 1 amide bonds. The lowest BCUT2D eigenvalue weighted by atomic mass is 9.95. The van der Waals surface area contributed by atoms with Crippen molar-refractivity contribution < 1.29 is 13.8 Å². The Labute approximate surface area is 203 Å². The van der Waals surface area contributed by atoms with Gasteiger partial charge in [0.05, 0.1) is 5.30 Å². The van der Waals surface area contributed by atoms with Crippen LogP contribution in [0.1, 0.15) is 20.8 Å². The summed E-state index contributed by atoms with van der Waals surface area (Å²) in [5.74, 6) is -0.822. The fraction of sp³-hybridized carbons (Fsp3) is 0.208. The summed E-state index contributed by atoms with van der Waals surface area (Å²) in [5, 5.41) is 3.96. The van der Waals surface area contributed by atoms with Crippen LogP contribution in [-0.4, -0.2) is 10.2 Å². The molecule has 8 heteroatoms. The maximum atomic E-state index is 15.1. The third kappa shape index (κ3) is 6.83. The van der Waals surface area contributed by atoms with E-state index in [-0.39, 0.29) is 11.2 Å². The van der Waals surface area contributed by atoms with Gasteiger partial charge in [0.1, 0.15) is 5.82 Å². The van der Waals surface area contributed by atoms with Gasteiger partial charge in [0, 0.05) is 21.7 Å². The van der Waals surface area contributed by atoms with E-state index >= 15 is 4.39 Å². The summed E-state index contributed by atoms with van der Waals surface area (Å²) < 4.78 is 28.6. The van der Waals surface area contributed by atoms with E-state index in [2.05, 4.69) is 5.32 Å². The van der Waals surface area contributed by atoms with Gasteiger partial charge in [-0.3, -0.25) is 4.79 Å². The minimum Gasteiger partial charge on any atom is -0.326 e. The molecule has 1 N–H and O–H groups in total. The molecule has 170 valence electrons. The maximum absolute atomic E-state index is 15.1. The monoisotopic (exact) mass is 513 g/mol. The van der Waals surface area contributed by atoms with Crippen LogP contribution in [0.3, 0.4) is 0 Å². The zero-order valence-corrected chi connectivity index (χ0v) is 21.0. The Morgan fingerprint density at radius 1 is 0.875 bits per heavy atom. The number of hydrogen-bond donors (Lipinski definition) is 1. The molecule has 0 aliphatic heterocycles. The van der Waals surface area contributed by atoms with Crippen molar-refractivity contribution in [3.8, 4) is 0 Å². The predicted molar refractivity (Wildman–Crippen MR) is 135 cm³/mol. The lowest BCUT2D eigenvalue weighted by Crippen LogP contribution is -2.29. The van der Waals surface area contributed by atoms with Gasteiger partial charge in [-0.05, 0) is 18.2 Å². The van der Waals surface area contributed by atoms with Crippen molar-refractivity contribution in [1.29, 1.82) is 0 Å². The van der Waals surface area contributed by atoms with Gasteiger partial charge in [-0.15, -0.1) is 0 Å². The van der Waals surface area contributed by atoms with E-state index in [1.165, 1.54) is 12.1 Å². The number of anilines is 1. The molecule has 3 aromatic carbocycles. The summed E-state index contributed by atoms with van der Waals surface area (Å²) in [6, 6.07) is 22.2. The van der Waals surface area contributed by atoms with E-state index in [0.717, 1.165) is 0 Å². The summed E-state index contributed by atoms with van der Waals surface area (Å²) in [6.45, 7) is 5.35. The Morgan fingerprint density at radius 2 is 1.31 bits per heavy atom. The highest BCUT2D eigenvalue weighted by Gasteiger charge is 2.32. The van der Waals surface area contributed by atoms with Gasteiger partial charge >= 0.3 is 0 Å². The second-order valence-corrected chi connectivity index (χ2v) is 12.6. The van der Waals surface area contributed by atoms with E-state index in [4.69, 9.17) is 34.8 Å². The lowest BCUT2D eigenvalue weighted by molar-refractivity contribution is -0.123. The molecule has 3 nitrogen and oxygen atoms in total. The zero-order chi connectivity index (χ0) is 23.9. The second-order valence-electron chi connectivity index (χ2n) is 7.90. The molecule has 0 bridgehead atoms. The topological polar surface area (TPSA) is 46.2 Å². The first-order chi connectivity index (χ1) is 15.0. The SMILES string of the molecule is CC(C)(C)C(=O)Nc1ccc(P(=O)(c2ccccc2)c2ccccc2)c(F)c1.ClC(Cl)Cl. The van der Waals surface area contributed by atoms with E-state index < -0.39 is 22.7 Å². The predicted octanol–water partition coefficient (Wildman–Crippen LogP) is 6.44. The van der Waals surface area contributed by atoms with Crippen LogP contribution in [-0.2, 0) is 9.36 Å².